The van der Waals surface area contributed by atoms with Gasteiger partial charge in [-0.05, 0) is 12.1 Å². The van der Waals surface area contributed by atoms with Gasteiger partial charge in [0.2, 0.25) is 0 Å². The molecule has 0 atom stereocenters. The molecule has 0 bridgehead atoms. The Morgan fingerprint density at radius 2 is 2.09 bits per heavy atom. The van der Waals surface area contributed by atoms with E-state index in [0.29, 0.717) is 30.2 Å². The van der Waals surface area contributed by atoms with E-state index >= 15 is 0 Å². The standard InChI is InChI=1S/C16H15N3O3/c1-21-7-8-22-14-9-12(10-18-20)19-16-13(14)5-4-11-3-2-6-17-15(11)16/h2-6,9H,7-8,10H2,1H3. The molecule has 0 aliphatic heterocycles. The average Bonchev–Trinajstić information content (AvgIpc) is 2.55. The summed E-state index contributed by atoms with van der Waals surface area (Å²) in [6.07, 6.45) is 1.72. The lowest BCUT2D eigenvalue weighted by Gasteiger charge is -2.11. The second-order valence-electron chi connectivity index (χ2n) is 4.78. The minimum Gasteiger partial charge on any atom is -0.490 e. The maximum Gasteiger partial charge on any atom is 0.130 e. The number of fused-ring (bicyclic) bond motifs is 3. The van der Waals surface area contributed by atoms with Crippen molar-refractivity contribution in [1.82, 2.24) is 9.97 Å². The van der Waals surface area contributed by atoms with Gasteiger partial charge in [-0.15, -0.1) is 0 Å². The van der Waals surface area contributed by atoms with Crippen LogP contribution in [0.5, 0.6) is 5.75 Å². The largest absolute Gasteiger partial charge is 0.490 e. The van der Waals surface area contributed by atoms with Crippen LogP contribution < -0.4 is 4.74 Å². The smallest absolute Gasteiger partial charge is 0.130 e. The molecular weight excluding hydrogens is 282 g/mol. The molecule has 1 aromatic carbocycles. The molecule has 112 valence electrons. The normalized spacial score (nSPS) is 11.0. The lowest BCUT2D eigenvalue weighted by molar-refractivity contribution is 0.147. The predicted octanol–water partition coefficient (Wildman–Crippen LogP) is 3.07. The fourth-order valence-electron chi connectivity index (χ4n) is 2.35. The van der Waals surface area contributed by atoms with Crippen LogP contribution in [0.4, 0.5) is 0 Å². The van der Waals surface area contributed by atoms with Gasteiger partial charge in [0.15, 0.2) is 0 Å². The summed E-state index contributed by atoms with van der Waals surface area (Å²) >= 11 is 0. The SMILES string of the molecule is COCCOc1cc(CN=O)nc2c1ccc1cccnc12. The van der Waals surface area contributed by atoms with E-state index in [4.69, 9.17) is 9.47 Å². The summed E-state index contributed by atoms with van der Waals surface area (Å²) in [6, 6.07) is 9.52. The van der Waals surface area contributed by atoms with Gasteiger partial charge in [-0.1, -0.05) is 17.3 Å². The molecule has 3 rings (SSSR count). The van der Waals surface area contributed by atoms with E-state index in [1.807, 2.05) is 24.3 Å². The number of nitroso groups, excluding NO2 is 1. The lowest BCUT2D eigenvalue weighted by atomic mass is 10.1. The molecule has 0 amide bonds. The number of hydrogen-bond acceptors (Lipinski definition) is 6. The summed E-state index contributed by atoms with van der Waals surface area (Å²) < 4.78 is 10.8. The van der Waals surface area contributed by atoms with E-state index in [2.05, 4.69) is 15.1 Å². The first kappa shape index (κ1) is 14.3. The quantitative estimate of drug-likeness (QED) is 0.397. The average molecular weight is 297 g/mol. The van der Waals surface area contributed by atoms with Crippen molar-refractivity contribution in [2.24, 2.45) is 5.18 Å². The Balaban J connectivity index is 2.19. The van der Waals surface area contributed by atoms with Crippen LogP contribution >= 0.6 is 0 Å². The van der Waals surface area contributed by atoms with Gasteiger partial charge in [-0.25, -0.2) is 4.98 Å². The Hall–Kier alpha value is -2.60. The molecule has 0 aliphatic carbocycles. The van der Waals surface area contributed by atoms with Crippen molar-refractivity contribution >= 4 is 21.8 Å². The molecule has 6 nitrogen and oxygen atoms in total. The third-order valence-electron chi connectivity index (χ3n) is 3.34. The highest BCUT2D eigenvalue weighted by Gasteiger charge is 2.11. The zero-order valence-corrected chi connectivity index (χ0v) is 12.2. The number of pyridine rings is 2. The first-order valence-electron chi connectivity index (χ1n) is 6.91. The van der Waals surface area contributed by atoms with Crippen LogP contribution in [-0.4, -0.2) is 30.3 Å². The Bertz CT molecular complexity index is 820. The van der Waals surface area contributed by atoms with Gasteiger partial charge in [0.1, 0.15) is 24.4 Å². The number of hydrogen-bond donors (Lipinski definition) is 0. The van der Waals surface area contributed by atoms with Crippen LogP contribution in [0.25, 0.3) is 21.8 Å². The van der Waals surface area contributed by atoms with Gasteiger partial charge in [0.05, 0.1) is 17.8 Å². The van der Waals surface area contributed by atoms with E-state index in [-0.39, 0.29) is 6.54 Å². The highest BCUT2D eigenvalue weighted by molar-refractivity contribution is 6.04. The second kappa shape index (κ2) is 6.44. The van der Waals surface area contributed by atoms with E-state index in [1.165, 1.54) is 0 Å². The van der Waals surface area contributed by atoms with E-state index in [9.17, 15) is 4.91 Å². The topological polar surface area (TPSA) is 73.7 Å². The fourth-order valence-corrected chi connectivity index (χ4v) is 2.35. The fraction of sp³-hybridized carbons (Fsp3) is 0.250. The molecule has 2 heterocycles. The third kappa shape index (κ3) is 2.73. The van der Waals surface area contributed by atoms with Crippen LogP contribution in [-0.2, 0) is 11.3 Å². The molecule has 0 saturated heterocycles. The summed E-state index contributed by atoms with van der Waals surface area (Å²) in [4.78, 5) is 19.5. The van der Waals surface area contributed by atoms with Gasteiger partial charge in [0, 0.05) is 30.1 Å². The maximum atomic E-state index is 10.6. The first-order valence-corrected chi connectivity index (χ1v) is 6.91. The van der Waals surface area contributed by atoms with Gasteiger partial charge in [0.25, 0.3) is 0 Å². The van der Waals surface area contributed by atoms with Crippen LogP contribution in [0.15, 0.2) is 41.7 Å². The van der Waals surface area contributed by atoms with Crippen LogP contribution in [0.1, 0.15) is 5.69 Å². The van der Waals surface area contributed by atoms with Crippen LogP contribution in [0.3, 0.4) is 0 Å². The molecule has 0 radical (unpaired) electrons. The summed E-state index contributed by atoms with van der Waals surface area (Å²) in [5.74, 6) is 0.660. The number of benzene rings is 1. The predicted molar refractivity (Wildman–Crippen MR) is 83.9 cm³/mol. The minimum absolute atomic E-state index is 0.000199. The zero-order chi connectivity index (χ0) is 15.4. The van der Waals surface area contributed by atoms with Crippen LogP contribution in [0, 0.1) is 4.91 Å². The van der Waals surface area contributed by atoms with Crippen molar-refractivity contribution in [3.63, 3.8) is 0 Å². The highest BCUT2D eigenvalue weighted by atomic mass is 16.5. The monoisotopic (exact) mass is 297 g/mol. The molecule has 6 heteroatoms. The molecule has 0 fully saturated rings. The summed E-state index contributed by atoms with van der Waals surface area (Å²) in [5, 5.41) is 4.76. The van der Waals surface area contributed by atoms with Crippen molar-refractivity contribution in [3.8, 4) is 5.75 Å². The molecule has 0 spiro atoms. The maximum absolute atomic E-state index is 10.6. The molecule has 0 aliphatic rings. The van der Waals surface area contributed by atoms with Crippen molar-refractivity contribution in [1.29, 1.82) is 0 Å². The van der Waals surface area contributed by atoms with E-state index in [1.54, 1.807) is 19.4 Å². The first-order chi connectivity index (χ1) is 10.8. The van der Waals surface area contributed by atoms with Crippen molar-refractivity contribution < 1.29 is 9.47 Å². The van der Waals surface area contributed by atoms with Gasteiger partial charge >= 0.3 is 0 Å². The molecular formula is C16H15N3O3. The third-order valence-corrected chi connectivity index (χ3v) is 3.34. The van der Waals surface area contributed by atoms with Crippen molar-refractivity contribution in [2.75, 3.05) is 20.3 Å². The Morgan fingerprint density at radius 3 is 2.91 bits per heavy atom. The highest BCUT2D eigenvalue weighted by Crippen LogP contribution is 2.30. The molecule has 3 aromatic rings. The van der Waals surface area contributed by atoms with Crippen molar-refractivity contribution in [2.45, 2.75) is 6.54 Å². The summed E-state index contributed by atoms with van der Waals surface area (Å²) in [5.41, 5.74) is 2.06. The molecule has 0 saturated carbocycles. The Labute approximate surface area is 127 Å². The number of aromatic nitrogens is 2. The number of rotatable bonds is 6. The Kier molecular flexibility index (Phi) is 4.20. The Morgan fingerprint density at radius 1 is 1.18 bits per heavy atom. The number of ether oxygens (including phenoxy) is 2. The minimum atomic E-state index is -0.000199. The zero-order valence-electron chi connectivity index (χ0n) is 12.2. The number of methoxy groups -OCH3 is 1. The number of nitrogens with zero attached hydrogens (tertiary/aromatic N) is 3. The van der Waals surface area contributed by atoms with E-state index < -0.39 is 0 Å². The van der Waals surface area contributed by atoms with Gasteiger partial charge in [-0.2, -0.15) is 4.91 Å². The summed E-state index contributed by atoms with van der Waals surface area (Å²) in [6.45, 7) is 0.903. The van der Waals surface area contributed by atoms with Crippen molar-refractivity contribution in [3.05, 3.63) is 47.1 Å². The second-order valence-corrected chi connectivity index (χ2v) is 4.78. The molecule has 0 unspecified atom stereocenters. The lowest BCUT2D eigenvalue weighted by Crippen LogP contribution is -2.05. The summed E-state index contributed by atoms with van der Waals surface area (Å²) in [7, 11) is 1.62. The van der Waals surface area contributed by atoms with Crippen LogP contribution in [0.2, 0.25) is 0 Å². The van der Waals surface area contributed by atoms with Gasteiger partial charge < -0.3 is 9.47 Å². The van der Waals surface area contributed by atoms with Gasteiger partial charge in [-0.3, -0.25) is 4.98 Å². The molecule has 0 N–H and O–H groups in total. The van der Waals surface area contributed by atoms with E-state index in [0.717, 1.165) is 16.3 Å². The molecule has 22 heavy (non-hydrogen) atoms. The molecule has 2 aromatic heterocycles.